The van der Waals surface area contributed by atoms with E-state index in [9.17, 15) is 14.4 Å². The number of carbonyl (C=O) groups is 3. The molecule has 1 saturated heterocycles. The zero-order chi connectivity index (χ0) is 20.4. The third-order valence-corrected chi connectivity index (χ3v) is 5.68. The van der Waals surface area contributed by atoms with Gasteiger partial charge in [0.15, 0.2) is 0 Å². The Morgan fingerprint density at radius 2 is 1.79 bits per heavy atom. The molecule has 1 fully saturated rings. The minimum Gasteiger partial charge on any atom is -0.371 e. The molecule has 0 saturated carbocycles. The van der Waals surface area contributed by atoms with Crippen molar-refractivity contribution >= 4 is 23.4 Å². The number of imide groups is 1. The molecule has 3 amide bonds. The van der Waals surface area contributed by atoms with Crippen LogP contribution in [0.25, 0.3) is 0 Å². The van der Waals surface area contributed by atoms with Gasteiger partial charge in [-0.15, -0.1) is 0 Å². The van der Waals surface area contributed by atoms with Gasteiger partial charge in [0, 0.05) is 38.3 Å². The van der Waals surface area contributed by atoms with E-state index in [0.29, 0.717) is 23.6 Å². The molecule has 0 radical (unpaired) electrons. The maximum atomic E-state index is 12.3. The molecule has 0 bridgehead atoms. The molecular formula is C23H25N3O3. The summed E-state index contributed by atoms with van der Waals surface area (Å²) in [4.78, 5) is 40.5. The van der Waals surface area contributed by atoms with Crippen LogP contribution in [0.4, 0.5) is 5.69 Å². The fourth-order valence-corrected chi connectivity index (χ4v) is 4.06. The van der Waals surface area contributed by atoms with E-state index in [-0.39, 0.29) is 30.7 Å². The number of anilines is 1. The first-order valence-corrected chi connectivity index (χ1v) is 10.1. The van der Waals surface area contributed by atoms with Gasteiger partial charge in [0.2, 0.25) is 5.91 Å². The lowest BCUT2D eigenvalue weighted by atomic mass is 10.1. The molecule has 150 valence electrons. The number of amides is 3. The second kappa shape index (κ2) is 8.07. The molecule has 2 aromatic carbocycles. The topological polar surface area (TPSA) is 69.7 Å². The van der Waals surface area contributed by atoms with Crippen molar-refractivity contribution in [2.75, 3.05) is 31.1 Å². The highest BCUT2D eigenvalue weighted by Crippen LogP contribution is 2.24. The molecule has 2 heterocycles. The molecule has 6 nitrogen and oxygen atoms in total. The van der Waals surface area contributed by atoms with Crippen molar-refractivity contribution in [3.63, 3.8) is 0 Å². The standard InChI is InChI=1S/C23H25N3O3/c1-16-5-4-6-18(13-16)25-11-9-17(15-25)14-24-21(27)10-12-26-22(28)19-7-2-3-8-20(19)23(26)29/h2-8,13,17H,9-12,14-15H2,1H3,(H,24,27). The van der Waals surface area contributed by atoms with Crippen LogP contribution in [0.15, 0.2) is 48.5 Å². The van der Waals surface area contributed by atoms with Crippen LogP contribution in [-0.2, 0) is 4.79 Å². The van der Waals surface area contributed by atoms with Crippen molar-refractivity contribution in [1.82, 2.24) is 10.2 Å². The van der Waals surface area contributed by atoms with Crippen molar-refractivity contribution in [3.05, 3.63) is 65.2 Å². The summed E-state index contributed by atoms with van der Waals surface area (Å²) >= 11 is 0. The van der Waals surface area contributed by atoms with Crippen LogP contribution < -0.4 is 10.2 Å². The van der Waals surface area contributed by atoms with Crippen molar-refractivity contribution in [3.8, 4) is 0 Å². The number of hydrogen-bond acceptors (Lipinski definition) is 4. The number of rotatable bonds is 6. The average Bonchev–Trinajstić information content (AvgIpc) is 3.29. The summed E-state index contributed by atoms with van der Waals surface area (Å²) in [5.41, 5.74) is 3.30. The van der Waals surface area contributed by atoms with Gasteiger partial charge in [0.05, 0.1) is 11.1 Å². The molecule has 0 aromatic heterocycles. The van der Waals surface area contributed by atoms with Gasteiger partial charge in [0.1, 0.15) is 0 Å². The lowest BCUT2D eigenvalue weighted by molar-refractivity contribution is -0.121. The van der Waals surface area contributed by atoms with Crippen LogP contribution in [0.3, 0.4) is 0 Å². The second-order valence-electron chi connectivity index (χ2n) is 7.80. The van der Waals surface area contributed by atoms with Gasteiger partial charge >= 0.3 is 0 Å². The van der Waals surface area contributed by atoms with E-state index in [1.807, 2.05) is 0 Å². The normalized spacial score (nSPS) is 18.3. The Morgan fingerprint density at radius 1 is 1.07 bits per heavy atom. The summed E-state index contributed by atoms with van der Waals surface area (Å²) in [6, 6.07) is 15.2. The molecule has 2 aliphatic rings. The van der Waals surface area contributed by atoms with Gasteiger partial charge in [-0.05, 0) is 49.1 Å². The largest absolute Gasteiger partial charge is 0.371 e. The minimum absolute atomic E-state index is 0.109. The van der Waals surface area contributed by atoms with Gasteiger partial charge in [-0.2, -0.15) is 0 Å². The zero-order valence-electron chi connectivity index (χ0n) is 16.6. The molecule has 29 heavy (non-hydrogen) atoms. The summed E-state index contributed by atoms with van der Waals surface area (Å²) in [6.45, 7) is 4.72. The maximum absolute atomic E-state index is 12.3. The Morgan fingerprint density at radius 3 is 2.48 bits per heavy atom. The summed E-state index contributed by atoms with van der Waals surface area (Å²) in [6.07, 6.45) is 1.16. The highest BCUT2D eigenvalue weighted by atomic mass is 16.2. The van der Waals surface area contributed by atoms with Gasteiger partial charge in [-0.25, -0.2) is 0 Å². The first kappa shape index (κ1) is 19.2. The summed E-state index contributed by atoms with van der Waals surface area (Å²) in [5, 5.41) is 2.97. The number of nitrogens with zero attached hydrogens (tertiary/aromatic N) is 2. The van der Waals surface area contributed by atoms with Crippen LogP contribution in [0, 0.1) is 12.8 Å². The van der Waals surface area contributed by atoms with Gasteiger partial charge < -0.3 is 10.2 Å². The third kappa shape index (κ3) is 4.01. The first-order chi connectivity index (χ1) is 14.0. The fraction of sp³-hybridized carbons (Fsp3) is 0.348. The Bertz CT molecular complexity index is 921. The number of hydrogen-bond donors (Lipinski definition) is 1. The van der Waals surface area contributed by atoms with Gasteiger partial charge in [-0.1, -0.05) is 24.3 Å². The SMILES string of the molecule is Cc1cccc(N2CCC(CNC(=O)CCN3C(=O)c4ccccc4C3=O)C2)c1. The second-order valence-corrected chi connectivity index (χ2v) is 7.80. The lowest BCUT2D eigenvalue weighted by Crippen LogP contribution is -2.36. The lowest BCUT2D eigenvalue weighted by Gasteiger charge is -2.19. The molecule has 2 aromatic rings. The van der Waals surface area contributed by atoms with Crippen LogP contribution >= 0.6 is 0 Å². The van der Waals surface area contributed by atoms with E-state index in [4.69, 9.17) is 0 Å². The summed E-state index contributed by atoms with van der Waals surface area (Å²) < 4.78 is 0. The van der Waals surface area contributed by atoms with Crippen molar-refractivity contribution in [2.24, 2.45) is 5.92 Å². The van der Waals surface area contributed by atoms with Gasteiger partial charge in [-0.3, -0.25) is 19.3 Å². The third-order valence-electron chi connectivity index (χ3n) is 5.68. The maximum Gasteiger partial charge on any atom is 0.261 e. The number of nitrogens with one attached hydrogen (secondary N) is 1. The van der Waals surface area contributed by atoms with E-state index in [1.165, 1.54) is 16.2 Å². The molecule has 1 atom stereocenters. The smallest absolute Gasteiger partial charge is 0.261 e. The average molecular weight is 391 g/mol. The summed E-state index contributed by atoms with van der Waals surface area (Å²) in [7, 11) is 0. The van der Waals surface area contributed by atoms with E-state index in [0.717, 1.165) is 19.5 Å². The minimum atomic E-state index is -0.317. The molecule has 0 aliphatic carbocycles. The highest BCUT2D eigenvalue weighted by molar-refractivity contribution is 6.21. The molecular weight excluding hydrogens is 366 g/mol. The Kier molecular flexibility index (Phi) is 5.34. The fourth-order valence-electron chi connectivity index (χ4n) is 4.06. The first-order valence-electron chi connectivity index (χ1n) is 10.1. The summed E-state index contributed by atoms with van der Waals surface area (Å²) in [5.74, 6) is -0.361. The number of fused-ring (bicyclic) bond motifs is 1. The predicted octanol–water partition coefficient (Wildman–Crippen LogP) is 2.62. The molecule has 2 aliphatic heterocycles. The monoisotopic (exact) mass is 391 g/mol. The number of carbonyl (C=O) groups excluding carboxylic acids is 3. The van der Waals surface area contributed by atoms with Crippen molar-refractivity contribution in [1.29, 1.82) is 0 Å². The predicted molar refractivity (Wildman–Crippen MR) is 111 cm³/mol. The van der Waals surface area contributed by atoms with E-state index in [1.54, 1.807) is 24.3 Å². The van der Waals surface area contributed by atoms with E-state index in [2.05, 4.69) is 41.4 Å². The molecule has 6 heteroatoms. The molecule has 1 N–H and O–H groups in total. The Hall–Kier alpha value is -3.15. The van der Waals surface area contributed by atoms with E-state index >= 15 is 0 Å². The number of benzene rings is 2. The van der Waals surface area contributed by atoms with Crippen LogP contribution in [-0.4, -0.2) is 48.8 Å². The molecule has 0 spiro atoms. The molecule has 1 unspecified atom stereocenters. The van der Waals surface area contributed by atoms with Crippen molar-refractivity contribution < 1.29 is 14.4 Å². The molecule has 4 rings (SSSR count). The number of aryl methyl sites for hydroxylation is 1. The van der Waals surface area contributed by atoms with E-state index < -0.39 is 0 Å². The Balaban J connectivity index is 1.23. The van der Waals surface area contributed by atoms with Crippen LogP contribution in [0.2, 0.25) is 0 Å². The van der Waals surface area contributed by atoms with Crippen LogP contribution in [0.1, 0.15) is 39.1 Å². The van der Waals surface area contributed by atoms with Gasteiger partial charge in [0.25, 0.3) is 11.8 Å². The quantitative estimate of drug-likeness (QED) is 0.769. The van der Waals surface area contributed by atoms with Crippen molar-refractivity contribution in [2.45, 2.75) is 19.8 Å². The zero-order valence-corrected chi connectivity index (χ0v) is 16.6. The van der Waals surface area contributed by atoms with Crippen LogP contribution in [0.5, 0.6) is 0 Å². The highest BCUT2D eigenvalue weighted by Gasteiger charge is 2.35. The Labute approximate surface area is 170 Å².